The lowest BCUT2D eigenvalue weighted by Gasteiger charge is -2.50. The lowest BCUT2D eigenvalue weighted by Crippen LogP contribution is -2.61. The van der Waals surface area contributed by atoms with Crippen LogP contribution in [0.5, 0.6) is 5.75 Å². The van der Waals surface area contributed by atoms with Crippen LogP contribution >= 0.6 is 0 Å². The second kappa shape index (κ2) is 7.57. The van der Waals surface area contributed by atoms with Gasteiger partial charge in [-0.15, -0.1) is 0 Å². The zero-order valence-corrected chi connectivity index (χ0v) is 20.1. The van der Waals surface area contributed by atoms with Crippen LogP contribution in [0.1, 0.15) is 23.2 Å². The Kier molecular flexibility index (Phi) is 4.51. The molecule has 0 bridgehead atoms. The highest BCUT2D eigenvalue weighted by atomic mass is 19.1. The summed E-state index contributed by atoms with van der Waals surface area (Å²) in [5, 5.41) is 7.90. The number of imidazole rings is 1. The Hall–Kier alpha value is -3.85. The van der Waals surface area contributed by atoms with Gasteiger partial charge in [-0.05, 0) is 60.9 Å². The molecule has 2 saturated heterocycles. The number of hydrogen-bond acceptors (Lipinski definition) is 7. The highest BCUT2D eigenvalue weighted by Gasteiger charge is 2.58. The van der Waals surface area contributed by atoms with Crippen LogP contribution in [0.2, 0.25) is 0 Å². The molecule has 2 fully saturated rings. The van der Waals surface area contributed by atoms with Crippen LogP contribution in [0.3, 0.4) is 0 Å². The van der Waals surface area contributed by atoms with Crippen molar-refractivity contribution >= 4 is 17.6 Å². The first-order valence-corrected chi connectivity index (χ1v) is 12.0. The quantitative estimate of drug-likeness (QED) is 0.601. The number of piperidine rings is 1. The molecule has 4 aliphatic rings. The van der Waals surface area contributed by atoms with Crippen molar-refractivity contribution < 1.29 is 18.7 Å². The maximum Gasteiger partial charge on any atom is 0.256 e. The van der Waals surface area contributed by atoms with Gasteiger partial charge in [0.25, 0.3) is 5.72 Å². The third-order valence-corrected chi connectivity index (χ3v) is 7.59. The van der Waals surface area contributed by atoms with E-state index in [4.69, 9.17) is 14.3 Å². The number of amidine groups is 1. The molecule has 0 saturated carbocycles. The molecule has 3 aromatic rings. The fourth-order valence-corrected chi connectivity index (χ4v) is 5.78. The number of nitrogens with zero attached hydrogens (tertiary/aromatic N) is 4. The minimum Gasteiger partial charge on any atom is -0.495 e. The molecule has 1 aromatic heterocycles. The molecule has 0 aliphatic carbocycles. The van der Waals surface area contributed by atoms with Gasteiger partial charge in [-0.25, -0.2) is 9.37 Å². The summed E-state index contributed by atoms with van der Waals surface area (Å²) in [6.45, 7) is 4.61. The molecule has 8 nitrogen and oxygen atoms in total. The molecule has 7 rings (SSSR count). The van der Waals surface area contributed by atoms with Crippen molar-refractivity contribution in [1.82, 2.24) is 14.5 Å². The third-order valence-electron chi connectivity index (χ3n) is 7.59. The normalized spacial score (nSPS) is 24.2. The number of hydrogen-bond donors (Lipinski definition) is 1. The van der Waals surface area contributed by atoms with Crippen molar-refractivity contribution in [1.29, 1.82) is 0 Å². The average Bonchev–Trinajstić information content (AvgIpc) is 3.56. The Labute approximate surface area is 208 Å². The number of ether oxygens (including phenoxy) is 2. The first-order valence-electron chi connectivity index (χ1n) is 12.0. The number of oxime groups is 1. The van der Waals surface area contributed by atoms with Gasteiger partial charge in [0.15, 0.2) is 5.84 Å². The smallest absolute Gasteiger partial charge is 0.256 e. The Morgan fingerprint density at radius 1 is 1.19 bits per heavy atom. The van der Waals surface area contributed by atoms with Crippen LogP contribution < -0.4 is 10.1 Å². The van der Waals surface area contributed by atoms with E-state index in [1.807, 2.05) is 29.8 Å². The van der Waals surface area contributed by atoms with Gasteiger partial charge in [0, 0.05) is 29.4 Å². The molecule has 0 radical (unpaired) electrons. The van der Waals surface area contributed by atoms with Crippen LogP contribution in [0.15, 0.2) is 59.7 Å². The molecular weight excluding hydrogens is 461 g/mol. The van der Waals surface area contributed by atoms with E-state index in [0.29, 0.717) is 19.8 Å². The highest BCUT2D eigenvalue weighted by molar-refractivity contribution is 6.04. The fourth-order valence-electron chi connectivity index (χ4n) is 5.78. The van der Waals surface area contributed by atoms with Crippen molar-refractivity contribution in [3.63, 3.8) is 0 Å². The van der Waals surface area contributed by atoms with Crippen molar-refractivity contribution in [3.05, 3.63) is 77.1 Å². The summed E-state index contributed by atoms with van der Waals surface area (Å²) < 4.78 is 27.3. The number of benzene rings is 2. The number of rotatable bonds is 3. The lowest BCUT2D eigenvalue weighted by molar-refractivity contribution is -0.158. The SMILES string of the molecule is COc1cc(C=C2CC3(COC3)CN3C2=NOC32CNc3cc(F)ccc32)ccc1-n1cnc(C)c1. The Balaban J connectivity index is 1.28. The van der Waals surface area contributed by atoms with Gasteiger partial charge in [-0.3, -0.25) is 0 Å². The molecule has 36 heavy (non-hydrogen) atoms. The summed E-state index contributed by atoms with van der Waals surface area (Å²) >= 11 is 0. The summed E-state index contributed by atoms with van der Waals surface area (Å²) in [4.78, 5) is 12.7. The minimum absolute atomic E-state index is 0.00724. The predicted octanol–water partition coefficient (Wildman–Crippen LogP) is 4.06. The van der Waals surface area contributed by atoms with Crippen molar-refractivity contribution in [2.45, 2.75) is 19.1 Å². The van der Waals surface area contributed by atoms with Crippen LogP contribution in [-0.4, -0.2) is 53.7 Å². The standard InChI is InChI=1S/C27H26FN5O3/c1-17-11-32(16-30-17)23-6-3-18(8-24(23)34-2)7-19-10-26(14-35-15-26)13-33-25(19)31-36-27(33)12-29-22-9-20(28)4-5-21(22)27/h3-9,11,16,29H,10,12-15H2,1-2H3. The molecule has 184 valence electrons. The number of anilines is 1. The van der Waals surface area contributed by atoms with E-state index in [9.17, 15) is 4.39 Å². The average molecular weight is 488 g/mol. The molecule has 2 spiro atoms. The predicted molar refractivity (Wildman–Crippen MR) is 132 cm³/mol. The van der Waals surface area contributed by atoms with Crippen molar-refractivity contribution in [3.8, 4) is 11.4 Å². The molecule has 0 amide bonds. The van der Waals surface area contributed by atoms with E-state index in [1.54, 1.807) is 19.5 Å². The summed E-state index contributed by atoms with van der Waals surface area (Å²) in [6.07, 6.45) is 6.76. The first kappa shape index (κ1) is 21.4. The number of aryl methyl sites for hydroxylation is 1. The summed E-state index contributed by atoms with van der Waals surface area (Å²) in [7, 11) is 1.68. The van der Waals surface area contributed by atoms with Crippen molar-refractivity contribution in [2.24, 2.45) is 10.6 Å². The van der Waals surface area contributed by atoms with E-state index in [0.717, 1.165) is 58.3 Å². The number of aromatic nitrogens is 2. The monoisotopic (exact) mass is 487 g/mol. The molecule has 9 heteroatoms. The van der Waals surface area contributed by atoms with Crippen LogP contribution in [0.25, 0.3) is 11.8 Å². The van der Waals surface area contributed by atoms with Gasteiger partial charge >= 0.3 is 0 Å². The first-order chi connectivity index (χ1) is 17.5. The van der Waals surface area contributed by atoms with E-state index >= 15 is 0 Å². The van der Waals surface area contributed by atoms with Gasteiger partial charge in [-0.2, -0.15) is 0 Å². The van der Waals surface area contributed by atoms with Gasteiger partial charge in [-0.1, -0.05) is 11.2 Å². The second-order valence-corrected chi connectivity index (χ2v) is 10.1. The topological polar surface area (TPSA) is 73.1 Å². The molecule has 1 unspecified atom stereocenters. The summed E-state index contributed by atoms with van der Waals surface area (Å²) in [5.74, 6) is 1.30. The largest absolute Gasteiger partial charge is 0.495 e. The Bertz CT molecular complexity index is 1440. The van der Waals surface area contributed by atoms with E-state index in [1.165, 1.54) is 12.1 Å². The molecule has 5 heterocycles. The minimum atomic E-state index is -0.790. The van der Waals surface area contributed by atoms with E-state index in [2.05, 4.69) is 32.5 Å². The van der Waals surface area contributed by atoms with Gasteiger partial charge in [0.1, 0.15) is 11.6 Å². The van der Waals surface area contributed by atoms with E-state index < -0.39 is 5.72 Å². The molecular formula is C27H26FN5O3. The maximum absolute atomic E-state index is 13.9. The Morgan fingerprint density at radius 3 is 2.83 bits per heavy atom. The van der Waals surface area contributed by atoms with Crippen LogP contribution in [-0.2, 0) is 15.3 Å². The number of fused-ring (bicyclic) bond motifs is 4. The van der Waals surface area contributed by atoms with Crippen molar-refractivity contribution in [2.75, 3.05) is 38.7 Å². The zero-order chi connectivity index (χ0) is 24.5. The number of nitrogens with one attached hydrogen (secondary N) is 1. The van der Waals surface area contributed by atoms with E-state index in [-0.39, 0.29) is 11.2 Å². The number of methoxy groups -OCH3 is 1. The molecule has 1 N–H and O–H groups in total. The molecule has 4 aliphatic heterocycles. The molecule has 2 aromatic carbocycles. The maximum atomic E-state index is 13.9. The van der Waals surface area contributed by atoms with Gasteiger partial charge in [0.05, 0.1) is 44.6 Å². The molecule has 1 atom stereocenters. The Morgan fingerprint density at radius 2 is 2.08 bits per heavy atom. The lowest BCUT2D eigenvalue weighted by atomic mass is 9.74. The zero-order valence-electron chi connectivity index (χ0n) is 20.1. The van der Waals surface area contributed by atoms with Crippen LogP contribution in [0, 0.1) is 18.2 Å². The third kappa shape index (κ3) is 3.08. The second-order valence-electron chi connectivity index (χ2n) is 10.1. The highest BCUT2D eigenvalue weighted by Crippen LogP contribution is 2.51. The van der Waals surface area contributed by atoms with Gasteiger partial charge in [0.2, 0.25) is 0 Å². The summed E-state index contributed by atoms with van der Waals surface area (Å²) in [5.41, 5.74) is 4.82. The summed E-state index contributed by atoms with van der Waals surface area (Å²) in [6, 6.07) is 10.9. The van der Waals surface area contributed by atoms with Crippen LogP contribution in [0.4, 0.5) is 10.1 Å². The van der Waals surface area contributed by atoms with Gasteiger partial charge < -0.3 is 29.1 Å². The number of halogens is 1. The fraction of sp³-hybridized carbons (Fsp3) is 0.333.